The van der Waals surface area contributed by atoms with E-state index in [1.54, 1.807) is 18.3 Å². The topological polar surface area (TPSA) is 102 Å². The highest BCUT2D eigenvalue weighted by atomic mass is 16.2. The zero-order chi connectivity index (χ0) is 19.1. The summed E-state index contributed by atoms with van der Waals surface area (Å²) in [5.74, 6) is -0.112. The molecule has 2 heterocycles. The number of rotatable bonds is 5. The van der Waals surface area contributed by atoms with Crippen LogP contribution < -0.4 is 10.6 Å². The molecule has 0 saturated carbocycles. The molecule has 6 heteroatoms. The van der Waals surface area contributed by atoms with Crippen molar-refractivity contribution in [3.63, 3.8) is 0 Å². The van der Waals surface area contributed by atoms with E-state index in [0.717, 1.165) is 42.6 Å². The Morgan fingerprint density at radius 1 is 1.30 bits per heavy atom. The molecule has 1 saturated heterocycles. The second-order valence-electron chi connectivity index (χ2n) is 6.64. The lowest BCUT2D eigenvalue weighted by molar-refractivity contribution is -0.124. The fraction of sp³-hybridized carbons (Fsp3) is 0.333. The maximum atomic E-state index is 12.3. The third-order valence-corrected chi connectivity index (χ3v) is 4.65. The summed E-state index contributed by atoms with van der Waals surface area (Å²) in [5.41, 5.74) is 3.09. The summed E-state index contributed by atoms with van der Waals surface area (Å²) in [5, 5.41) is 24.4. The lowest BCUT2D eigenvalue weighted by Gasteiger charge is -2.23. The quantitative estimate of drug-likeness (QED) is 0.853. The average Bonchev–Trinajstić information content (AvgIpc) is 2.74. The molecule has 0 bridgehead atoms. The summed E-state index contributed by atoms with van der Waals surface area (Å²) in [6.45, 7) is 0.841. The Kier molecular flexibility index (Phi) is 6.14. The molecule has 0 unspecified atom stereocenters. The zero-order valence-electron chi connectivity index (χ0n) is 15.0. The van der Waals surface area contributed by atoms with Gasteiger partial charge in [-0.3, -0.25) is 9.78 Å². The van der Waals surface area contributed by atoms with Crippen molar-refractivity contribution in [3.8, 4) is 23.4 Å². The van der Waals surface area contributed by atoms with Crippen molar-refractivity contribution < 1.29 is 4.79 Å². The molecule has 6 nitrogen and oxygen atoms in total. The molecule has 1 aliphatic heterocycles. The molecule has 1 amide bonds. The maximum absolute atomic E-state index is 12.3. The van der Waals surface area contributed by atoms with Crippen molar-refractivity contribution in [3.05, 3.63) is 53.7 Å². The first-order valence-corrected chi connectivity index (χ1v) is 9.08. The molecular weight excluding hydrogens is 338 g/mol. The van der Waals surface area contributed by atoms with Gasteiger partial charge < -0.3 is 10.6 Å². The van der Waals surface area contributed by atoms with E-state index in [4.69, 9.17) is 5.26 Å². The molecular formula is C21H21N5O. The molecule has 1 aliphatic rings. The third-order valence-electron chi connectivity index (χ3n) is 4.65. The monoisotopic (exact) mass is 359 g/mol. The fourth-order valence-electron chi connectivity index (χ4n) is 3.18. The predicted molar refractivity (Wildman–Crippen MR) is 101 cm³/mol. The van der Waals surface area contributed by atoms with E-state index in [0.29, 0.717) is 12.0 Å². The van der Waals surface area contributed by atoms with Gasteiger partial charge in [0.05, 0.1) is 29.4 Å². The van der Waals surface area contributed by atoms with Crippen LogP contribution in [-0.2, 0) is 11.2 Å². The number of nitrogens with one attached hydrogen (secondary N) is 2. The van der Waals surface area contributed by atoms with Crippen LogP contribution in [0.2, 0.25) is 0 Å². The van der Waals surface area contributed by atoms with Crippen LogP contribution in [-0.4, -0.2) is 29.5 Å². The molecule has 27 heavy (non-hydrogen) atoms. The molecule has 0 aliphatic carbocycles. The fourth-order valence-corrected chi connectivity index (χ4v) is 3.18. The molecule has 1 aromatic heterocycles. The standard InChI is InChI=1S/C21H21N5O/c22-12-15-4-3-5-17(10-15)19-8-7-16(14-25-19)11-18(13-23)26-21(27)20-6-1-2-9-24-20/h3-5,7-8,10,14,18,20,24H,1-2,6,9,11H2,(H,26,27)/t18-,20-/m0/s1. The highest BCUT2D eigenvalue weighted by molar-refractivity contribution is 5.82. The Bertz CT molecular complexity index is 873. The van der Waals surface area contributed by atoms with E-state index in [-0.39, 0.29) is 11.9 Å². The third kappa shape index (κ3) is 4.91. The normalized spacial score (nSPS) is 17.3. The van der Waals surface area contributed by atoms with Crippen LogP contribution in [0.15, 0.2) is 42.6 Å². The summed E-state index contributed by atoms with van der Waals surface area (Å²) in [4.78, 5) is 16.7. The van der Waals surface area contributed by atoms with Crippen molar-refractivity contribution in [1.82, 2.24) is 15.6 Å². The average molecular weight is 359 g/mol. The Morgan fingerprint density at radius 3 is 2.85 bits per heavy atom. The van der Waals surface area contributed by atoms with Gasteiger partial charge in [0, 0.05) is 18.2 Å². The van der Waals surface area contributed by atoms with Gasteiger partial charge in [0.15, 0.2) is 0 Å². The van der Waals surface area contributed by atoms with Crippen LogP contribution in [0.1, 0.15) is 30.4 Å². The molecule has 1 fully saturated rings. The van der Waals surface area contributed by atoms with Crippen molar-refractivity contribution >= 4 is 5.91 Å². The van der Waals surface area contributed by atoms with Gasteiger partial charge in [-0.25, -0.2) is 0 Å². The van der Waals surface area contributed by atoms with E-state index in [9.17, 15) is 10.1 Å². The summed E-state index contributed by atoms with van der Waals surface area (Å²) in [6.07, 6.45) is 5.04. The minimum Gasteiger partial charge on any atom is -0.339 e. The van der Waals surface area contributed by atoms with E-state index < -0.39 is 6.04 Å². The molecule has 0 radical (unpaired) electrons. The first-order chi connectivity index (χ1) is 13.2. The lowest BCUT2D eigenvalue weighted by atomic mass is 10.0. The Hall–Kier alpha value is -3.22. The maximum Gasteiger partial charge on any atom is 0.238 e. The molecule has 0 spiro atoms. The SMILES string of the molecule is N#Cc1cccc(-c2ccc(C[C@@H](C#N)NC(=O)[C@@H]3CCCCN3)cn2)c1. The van der Waals surface area contributed by atoms with Crippen LogP contribution in [0.3, 0.4) is 0 Å². The van der Waals surface area contributed by atoms with E-state index in [2.05, 4.69) is 27.8 Å². The Morgan fingerprint density at radius 2 is 2.19 bits per heavy atom. The summed E-state index contributed by atoms with van der Waals surface area (Å²) >= 11 is 0. The van der Waals surface area contributed by atoms with Crippen LogP contribution in [0, 0.1) is 22.7 Å². The first-order valence-electron chi connectivity index (χ1n) is 9.08. The van der Waals surface area contributed by atoms with E-state index in [1.807, 2.05) is 24.3 Å². The smallest absolute Gasteiger partial charge is 0.238 e. The minimum absolute atomic E-state index is 0.112. The van der Waals surface area contributed by atoms with Gasteiger partial charge in [0.25, 0.3) is 0 Å². The van der Waals surface area contributed by atoms with Gasteiger partial charge in [-0.2, -0.15) is 10.5 Å². The number of hydrogen-bond donors (Lipinski definition) is 2. The number of piperidine rings is 1. The molecule has 2 N–H and O–H groups in total. The van der Waals surface area contributed by atoms with Gasteiger partial charge >= 0.3 is 0 Å². The number of nitrogens with zero attached hydrogens (tertiary/aromatic N) is 3. The van der Waals surface area contributed by atoms with Crippen LogP contribution in [0.5, 0.6) is 0 Å². The number of amides is 1. The first kappa shape index (κ1) is 18.6. The van der Waals surface area contributed by atoms with Gasteiger partial charge in [-0.15, -0.1) is 0 Å². The van der Waals surface area contributed by atoms with Crippen LogP contribution >= 0.6 is 0 Å². The van der Waals surface area contributed by atoms with Crippen molar-refractivity contribution in [2.45, 2.75) is 37.8 Å². The second kappa shape index (κ2) is 8.93. The molecule has 2 atom stereocenters. The van der Waals surface area contributed by atoms with Crippen molar-refractivity contribution in [2.24, 2.45) is 0 Å². The Balaban J connectivity index is 1.63. The number of nitriles is 2. The molecule has 2 aromatic rings. The highest BCUT2D eigenvalue weighted by Crippen LogP contribution is 2.18. The number of pyridine rings is 1. The van der Waals surface area contributed by atoms with Crippen LogP contribution in [0.4, 0.5) is 0 Å². The molecule has 1 aromatic carbocycles. The number of benzene rings is 1. The second-order valence-corrected chi connectivity index (χ2v) is 6.64. The van der Waals surface area contributed by atoms with Crippen molar-refractivity contribution in [2.75, 3.05) is 6.54 Å². The van der Waals surface area contributed by atoms with Gasteiger partial charge in [-0.1, -0.05) is 24.6 Å². The van der Waals surface area contributed by atoms with Crippen molar-refractivity contribution in [1.29, 1.82) is 10.5 Å². The summed E-state index contributed by atoms with van der Waals surface area (Å²) < 4.78 is 0. The van der Waals surface area contributed by atoms with E-state index >= 15 is 0 Å². The van der Waals surface area contributed by atoms with E-state index in [1.165, 1.54) is 0 Å². The number of carbonyl (C=O) groups excluding carboxylic acids is 1. The number of carbonyl (C=O) groups is 1. The zero-order valence-corrected chi connectivity index (χ0v) is 15.0. The van der Waals surface area contributed by atoms with Crippen LogP contribution in [0.25, 0.3) is 11.3 Å². The highest BCUT2D eigenvalue weighted by Gasteiger charge is 2.23. The molecule has 136 valence electrons. The summed E-state index contributed by atoms with van der Waals surface area (Å²) in [7, 11) is 0. The minimum atomic E-state index is -0.587. The largest absolute Gasteiger partial charge is 0.339 e. The number of hydrogen-bond acceptors (Lipinski definition) is 5. The number of aromatic nitrogens is 1. The van der Waals surface area contributed by atoms with Gasteiger partial charge in [-0.05, 0) is 43.1 Å². The van der Waals surface area contributed by atoms with Gasteiger partial charge in [0.2, 0.25) is 5.91 Å². The Labute approximate surface area is 158 Å². The molecule has 3 rings (SSSR count). The summed E-state index contributed by atoms with van der Waals surface area (Å²) in [6, 6.07) is 14.5. The lowest BCUT2D eigenvalue weighted by Crippen LogP contribution is -2.49. The van der Waals surface area contributed by atoms with Gasteiger partial charge in [0.1, 0.15) is 6.04 Å². The predicted octanol–water partition coefficient (Wildman–Crippen LogP) is 2.31.